The number of phenols is 1. The molecule has 73 heavy (non-hydrogen) atoms. The standard InChI is InChI=1S/C55H53N3O13S2/c1-6-57-43-23-18-34(72-71-66)29-41(43)54(2,3)47(57)13-9-7-10-14-48-55(4,5)42-30-35(73(67,68)69)19-24-44(42)58(48)26-12-8-11-15-49(61)56-31-40-45(60)25-22-38-50(37-21-17-33(59)28-46(37)70-51(38)40)36-20-16-32(52(62)63)27-39(36)53(64)65/h7,9-10,13-14,16-25,27-30H,6,8,11-12,15,26,31H2,1-5H3,(H5-,56,59,60,61,62,63,64,65,66,67,68,69)/p+1. The molecule has 3 heterocycles. The Bertz CT molecular complexity index is 3500. The zero-order valence-corrected chi connectivity index (χ0v) is 42.3. The third-order valence-corrected chi connectivity index (χ3v) is 15.0. The van der Waals surface area contributed by atoms with E-state index in [1.54, 1.807) is 6.07 Å². The third-order valence-electron chi connectivity index (χ3n) is 13.7. The summed E-state index contributed by atoms with van der Waals surface area (Å²) in [6.07, 6.45) is 11.9. The molecule has 4 aliphatic rings. The summed E-state index contributed by atoms with van der Waals surface area (Å²) in [4.78, 5) is 53.0. The number of nitrogens with one attached hydrogen (secondary N) is 1. The minimum absolute atomic E-state index is 0.0872. The number of benzene rings is 5. The first-order chi connectivity index (χ1) is 34.7. The molecule has 0 unspecified atom stereocenters. The number of aromatic carboxylic acids is 2. The summed E-state index contributed by atoms with van der Waals surface area (Å²) in [5.41, 5.74) is 4.94. The number of allylic oxidation sites excluding steroid dienone is 6. The number of carboxylic acid groups (broad SMARTS) is 2. The minimum Gasteiger partial charge on any atom is -0.507 e. The van der Waals surface area contributed by atoms with Crippen LogP contribution in [0.2, 0.25) is 0 Å². The zero-order valence-electron chi connectivity index (χ0n) is 40.6. The molecule has 0 saturated heterocycles. The van der Waals surface area contributed by atoms with E-state index in [9.17, 15) is 47.5 Å². The molecule has 0 saturated carbocycles. The van der Waals surface area contributed by atoms with Gasteiger partial charge in [0.1, 0.15) is 23.6 Å². The molecule has 0 bridgehead atoms. The molecule has 4 aromatic carbocycles. The fourth-order valence-electron chi connectivity index (χ4n) is 10.0. The first-order valence-corrected chi connectivity index (χ1v) is 25.7. The predicted molar refractivity (Wildman–Crippen MR) is 278 cm³/mol. The third kappa shape index (κ3) is 10.2. The number of hydrogen-bond donors (Lipinski definition) is 6. The van der Waals surface area contributed by atoms with Gasteiger partial charge in [-0.25, -0.2) is 14.8 Å². The van der Waals surface area contributed by atoms with Crippen molar-refractivity contribution in [3.63, 3.8) is 0 Å². The highest BCUT2D eigenvalue weighted by Crippen LogP contribution is 2.49. The first-order valence-electron chi connectivity index (χ1n) is 23.5. The van der Waals surface area contributed by atoms with Crippen LogP contribution in [0.4, 0.5) is 11.4 Å². The van der Waals surface area contributed by atoms with Gasteiger partial charge in [0.05, 0.1) is 45.6 Å². The van der Waals surface area contributed by atoms with Crippen LogP contribution in [0.3, 0.4) is 0 Å². The van der Waals surface area contributed by atoms with E-state index in [0.717, 1.165) is 63.5 Å². The number of amides is 1. The SMILES string of the molecule is CCN1C(=CC=CC=CC2=[N+](CCCCCC(=O)NCc3c(O)ccc4c(-c5ccc(C(=O)O)cc5C(=O)O)c5ccc(=O)cc-5oc34)c3ccc(S(=O)(=O)O)cc3C2(C)C)C(C)(C)c2cc(SOO)ccc21. The van der Waals surface area contributed by atoms with E-state index < -0.39 is 32.9 Å². The highest BCUT2D eigenvalue weighted by Gasteiger charge is 2.45. The van der Waals surface area contributed by atoms with Crippen LogP contribution in [-0.2, 0) is 36.6 Å². The number of carbonyl (C=O) groups excluding carboxylic acids is 1. The average molecular weight is 1030 g/mol. The minimum atomic E-state index is -4.47. The number of hydrogen-bond acceptors (Lipinski definition) is 12. The number of anilines is 1. The molecule has 8 rings (SSSR count). The van der Waals surface area contributed by atoms with Crippen LogP contribution in [0.1, 0.15) is 97.7 Å². The van der Waals surface area contributed by atoms with Crippen molar-refractivity contribution in [2.75, 3.05) is 18.0 Å². The number of aromatic hydroxyl groups is 1. The fourth-order valence-corrected chi connectivity index (χ4v) is 10.9. The largest absolute Gasteiger partial charge is 0.507 e. The second kappa shape index (κ2) is 20.6. The lowest BCUT2D eigenvalue weighted by atomic mass is 9.81. The van der Waals surface area contributed by atoms with Gasteiger partial charge in [-0.1, -0.05) is 38.1 Å². The van der Waals surface area contributed by atoms with Crippen LogP contribution in [-0.4, -0.2) is 74.8 Å². The van der Waals surface area contributed by atoms with Crippen LogP contribution >= 0.6 is 12.0 Å². The van der Waals surface area contributed by atoms with E-state index in [4.69, 9.17) is 9.67 Å². The fraction of sp³-hybridized carbons (Fsp3) is 0.255. The molecule has 1 aliphatic carbocycles. The number of unbranched alkanes of at least 4 members (excludes halogenated alkanes) is 2. The van der Waals surface area contributed by atoms with E-state index >= 15 is 0 Å². The molecule has 4 aromatic rings. The normalized spacial score (nSPS) is 15.5. The van der Waals surface area contributed by atoms with Gasteiger partial charge < -0.3 is 30.0 Å². The highest BCUT2D eigenvalue weighted by molar-refractivity contribution is 7.94. The summed E-state index contributed by atoms with van der Waals surface area (Å²) in [6, 6.07) is 21.2. The molecule has 3 aliphatic heterocycles. The Morgan fingerprint density at radius 1 is 0.849 bits per heavy atom. The number of fused-ring (bicyclic) bond motifs is 4. The van der Waals surface area contributed by atoms with Crippen molar-refractivity contribution >= 4 is 68.1 Å². The van der Waals surface area contributed by atoms with Crippen molar-refractivity contribution in [3.05, 3.63) is 159 Å². The molecule has 0 atom stereocenters. The summed E-state index contributed by atoms with van der Waals surface area (Å²) in [5.74, 6) is -3.14. The van der Waals surface area contributed by atoms with E-state index in [1.807, 2.05) is 56.4 Å². The Morgan fingerprint density at radius 3 is 2.33 bits per heavy atom. The quantitative estimate of drug-likeness (QED) is 0.00685. The summed E-state index contributed by atoms with van der Waals surface area (Å²) in [6.45, 7) is 11.5. The highest BCUT2D eigenvalue weighted by atomic mass is 32.2. The monoisotopic (exact) mass is 1030 g/mol. The molecule has 18 heteroatoms. The van der Waals surface area contributed by atoms with Crippen molar-refractivity contribution < 1.29 is 61.3 Å². The van der Waals surface area contributed by atoms with E-state index in [1.165, 1.54) is 54.6 Å². The van der Waals surface area contributed by atoms with Crippen molar-refractivity contribution in [3.8, 4) is 28.2 Å². The lowest BCUT2D eigenvalue weighted by Crippen LogP contribution is -2.28. The van der Waals surface area contributed by atoms with Gasteiger partial charge in [0.2, 0.25) is 11.6 Å². The number of carbonyl (C=O) groups is 3. The molecular formula is C55H54N3O13S2+. The van der Waals surface area contributed by atoms with Gasteiger partial charge in [0.15, 0.2) is 11.1 Å². The molecule has 16 nitrogen and oxygen atoms in total. The van der Waals surface area contributed by atoms with Gasteiger partial charge in [-0.15, -0.1) is 0 Å². The number of carboxylic acids is 2. The topological polar surface area (TPSA) is 244 Å². The zero-order chi connectivity index (χ0) is 52.6. The summed E-state index contributed by atoms with van der Waals surface area (Å²) >= 11 is 0.890. The molecule has 378 valence electrons. The van der Waals surface area contributed by atoms with Gasteiger partial charge >= 0.3 is 11.9 Å². The molecule has 1 amide bonds. The maximum absolute atomic E-state index is 13.4. The second-order valence-electron chi connectivity index (χ2n) is 18.9. The van der Waals surface area contributed by atoms with Crippen molar-refractivity contribution in [2.45, 2.75) is 87.5 Å². The van der Waals surface area contributed by atoms with Crippen LogP contribution in [0.5, 0.6) is 5.75 Å². The summed E-state index contributed by atoms with van der Waals surface area (Å²) in [7, 11) is -4.47. The Labute approximate surface area is 425 Å². The molecule has 0 aromatic heterocycles. The van der Waals surface area contributed by atoms with Crippen LogP contribution in [0.15, 0.2) is 140 Å². The molecular weight excluding hydrogens is 975 g/mol. The van der Waals surface area contributed by atoms with E-state index in [2.05, 4.69) is 46.0 Å². The van der Waals surface area contributed by atoms with Crippen molar-refractivity contribution in [1.82, 2.24) is 5.32 Å². The smallest absolute Gasteiger partial charge is 0.336 e. The lowest BCUT2D eigenvalue weighted by Gasteiger charge is -2.25. The number of likely N-dealkylation sites (N-methyl/N-ethyl adjacent to an activating group) is 1. The predicted octanol–water partition coefficient (Wildman–Crippen LogP) is 10.5. The number of rotatable bonds is 18. The van der Waals surface area contributed by atoms with Crippen molar-refractivity contribution in [1.29, 1.82) is 0 Å². The van der Waals surface area contributed by atoms with E-state index in [0.29, 0.717) is 42.3 Å². The second-order valence-corrected chi connectivity index (χ2v) is 21.1. The average Bonchev–Trinajstić information content (AvgIpc) is 3.69. The van der Waals surface area contributed by atoms with Crippen LogP contribution < -0.4 is 15.6 Å². The summed E-state index contributed by atoms with van der Waals surface area (Å²) < 4.78 is 47.1. The number of nitrogens with zero attached hydrogens (tertiary/aromatic N) is 2. The van der Waals surface area contributed by atoms with E-state index in [-0.39, 0.29) is 68.5 Å². The van der Waals surface area contributed by atoms with Gasteiger partial charge in [-0.3, -0.25) is 14.1 Å². The maximum Gasteiger partial charge on any atom is 0.336 e. The summed E-state index contributed by atoms with van der Waals surface area (Å²) in [5, 5.41) is 43.1. The Hall–Kier alpha value is -7.35. The van der Waals surface area contributed by atoms with Crippen LogP contribution in [0, 0.1) is 0 Å². The Morgan fingerprint density at radius 2 is 1.62 bits per heavy atom. The van der Waals surface area contributed by atoms with Crippen molar-refractivity contribution in [2.24, 2.45) is 0 Å². The van der Waals surface area contributed by atoms with Gasteiger partial charge in [-0.2, -0.15) is 17.3 Å². The van der Waals surface area contributed by atoms with Gasteiger partial charge in [-0.05, 0) is 118 Å². The Kier molecular flexibility index (Phi) is 14.7. The van der Waals surface area contributed by atoms with Gasteiger partial charge in [0, 0.05) is 81.4 Å². The molecule has 0 radical (unpaired) electrons. The van der Waals surface area contributed by atoms with Crippen LogP contribution in [0.25, 0.3) is 33.4 Å². The molecule has 0 fully saturated rings. The maximum atomic E-state index is 13.4. The first kappa shape index (κ1) is 52.0. The molecule has 0 spiro atoms. The Balaban J connectivity index is 0.986. The van der Waals surface area contributed by atoms with Gasteiger partial charge in [0.25, 0.3) is 10.1 Å². The molecule has 6 N–H and O–H groups in total. The number of phenolic OH excluding ortho intramolecular Hbond substituents is 1. The lowest BCUT2D eigenvalue weighted by molar-refractivity contribution is -0.438.